The van der Waals surface area contributed by atoms with E-state index in [1.165, 1.54) is 21.4 Å². The summed E-state index contributed by atoms with van der Waals surface area (Å²) in [5.41, 5.74) is 6.47. The Kier molecular flexibility index (Phi) is 5.21. The van der Waals surface area contributed by atoms with Gasteiger partial charge in [0.05, 0.1) is 5.92 Å². The number of hydrogen-bond acceptors (Lipinski definition) is 4. The number of carbonyl (C=O) groups is 1. The Labute approximate surface area is 169 Å². The summed E-state index contributed by atoms with van der Waals surface area (Å²) in [6.07, 6.45) is 2.41. The Morgan fingerprint density at radius 1 is 1.29 bits per heavy atom. The monoisotopic (exact) mass is 394 g/mol. The van der Waals surface area contributed by atoms with Crippen LogP contribution in [0.15, 0.2) is 24.3 Å². The van der Waals surface area contributed by atoms with Crippen molar-refractivity contribution >= 4 is 27.5 Å². The number of aromatic nitrogens is 1. The molecule has 5 heteroatoms. The van der Waals surface area contributed by atoms with Gasteiger partial charge in [-0.3, -0.25) is 4.79 Å². The SMILES string of the molecule is CCCC(C(=O)O)c1c(C)nc2sc3c(c2c1-c1ccc(C)cc1)CCNC3. The molecule has 0 radical (unpaired) electrons. The van der Waals surface area contributed by atoms with Crippen LogP contribution in [0.4, 0.5) is 0 Å². The Bertz CT molecular complexity index is 1040. The van der Waals surface area contributed by atoms with Crippen LogP contribution in [-0.4, -0.2) is 22.6 Å². The minimum absolute atomic E-state index is 0.532. The van der Waals surface area contributed by atoms with E-state index >= 15 is 0 Å². The van der Waals surface area contributed by atoms with Gasteiger partial charge >= 0.3 is 5.97 Å². The predicted molar refractivity (Wildman–Crippen MR) is 115 cm³/mol. The van der Waals surface area contributed by atoms with Gasteiger partial charge < -0.3 is 10.4 Å². The topological polar surface area (TPSA) is 62.2 Å². The van der Waals surface area contributed by atoms with Crippen LogP contribution in [0.25, 0.3) is 21.3 Å². The number of fused-ring (bicyclic) bond motifs is 3. The quantitative estimate of drug-likeness (QED) is 0.625. The molecule has 4 rings (SSSR count). The fraction of sp³-hybridized carbons (Fsp3) is 0.391. The average Bonchev–Trinajstić information content (AvgIpc) is 3.04. The third-order valence-corrected chi connectivity index (χ3v) is 6.78. The van der Waals surface area contributed by atoms with E-state index in [0.717, 1.165) is 53.1 Å². The van der Waals surface area contributed by atoms with E-state index in [9.17, 15) is 9.90 Å². The third kappa shape index (κ3) is 3.23. The third-order valence-electron chi connectivity index (χ3n) is 5.65. The van der Waals surface area contributed by atoms with Gasteiger partial charge in [0, 0.05) is 22.5 Å². The number of carboxylic acids is 1. The van der Waals surface area contributed by atoms with E-state index in [0.29, 0.717) is 6.42 Å². The zero-order valence-electron chi connectivity index (χ0n) is 16.6. The first-order valence-electron chi connectivity index (χ1n) is 9.96. The van der Waals surface area contributed by atoms with Gasteiger partial charge in [0.25, 0.3) is 0 Å². The second-order valence-electron chi connectivity index (χ2n) is 7.64. The molecule has 3 aromatic rings. The molecule has 146 valence electrons. The number of aliphatic carboxylic acids is 1. The van der Waals surface area contributed by atoms with Crippen LogP contribution < -0.4 is 5.32 Å². The summed E-state index contributed by atoms with van der Waals surface area (Å²) in [6, 6.07) is 8.47. The number of pyridine rings is 1. The largest absolute Gasteiger partial charge is 0.481 e. The molecule has 0 aliphatic carbocycles. The highest BCUT2D eigenvalue weighted by molar-refractivity contribution is 7.19. The molecule has 1 atom stereocenters. The molecule has 0 spiro atoms. The number of thiophene rings is 1. The first-order chi connectivity index (χ1) is 13.5. The molecule has 0 saturated heterocycles. The molecule has 2 aromatic heterocycles. The minimum atomic E-state index is -0.759. The lowest BCUT2D eigenvalue weighted by atomic mass is 9.84. The van der Waals surface area contributed by atoms with E-state index in [2.05, 4.69) is 36.5 Å². The van der Waals surface area contributed by atoms with E-state index in [1.807, 2.05) is 13.8 Å². The minimum Gasteiger partial charge on any atom is -0.481 e. The first kappa shape index (κ1) is 19.1. The Hall–Kier alpha value is -2.24. The van der Waals surface area contributed by atoms with Crippen LogP contribution >= 0.6 is 11.3 Å². The van der Waals surface area contributed by atoms with Crippen LogP contribution in [0, 0.1) is 13.8 Å². The van der Waals surface area contributed by atoms with Gasteiger partial charge in [0.1, 0.15) is 4.83 Å². The van der Waals surface area contributed by atoms with Crippen molar-refractivity contribution in [2.75, 3.05) is 6.54 Å². The smallest absolute Gasteiger partial charge is 0.311 e. The van der Waals surface area contributed by atoms with Crippen molar-refractivity contribution in [1.29, 1.82) is 0 Å². The molecular formula is C23H26N2O2S. The van der Waals surface area contributed by atoms with Crippen LogP contribution in [0.3, 0.4) is 0 Å². The first-order valence-corrected chi connectivity index (χ1v) is 10.8. The molecule has 1 aliphatic rings. The van der Waals surface area contributed by atoms with Crippen LogP contribution in [-0.2, 0) is 17.8 Å². The summed E-state index contributed by atoms with van der Waals surface area (Å²) >= 11 is 1.75. The highest BCUT2D eigenvalue weighted by atomic mass is 32.1. The number of carboxylic acid groups (broad SMARTS) is 1. The standard InChI is InChI=1S/C23H26N2O2S/c1-4-5-17(23(26)27)19-14(3)25-22-21(16-10-11-24-12-18(16)28-22)20(19)15-8-6-13(2)7-9-15/h6-9,17,24H,4-5,10-12H2,1-3H3,(H,26,27). The molecule has 0 saturated carbocycles. The summed E-state index contributed by atoms with van der Waals surface area (Å²) < 4.78 is 0. The molecule has 1 aliphatic heterocycles. The summed E-state index contributed by atoms with van der Waals surface area (Å²) in [5, 5.41) is 14.6. The zero-order chi connectivity index (χ0) is 19.8. The van der Waals surface area contributed by atoms with Gasteiger partial charge in [0.15, 0.2) is 0 Å². The van der Waals surface area contributed by atoms with Crippen molar-refractivity contribution in [3.63, 3.8) is 0 Å². The second-order valence-corrected chi connectivity index (χ2v) is 8.73. The maximum atomic E-state index is 12.2. The summed E-state index contributed by atoms with van der Waals surface area (Å²) in [4.78, 5) is 19.5. The van der Waals surface area contributed by atoms with Crippen LogP contribution in [0.5, 0.6) is 0 Å². The van der Waals surface area contributed by atoms with E-state index < -0.39 is 11.9 Å². The Morgan fingerprint density at radius 3 is 2.71 bits per heavy atom. The van der Waals surface area contributed by atoms with Gasteiger partial charge in [-0.1, -0.05) is 43.2 Å². The predicted octanol–water partition coefficient (Wildman–Crippen LogP) is 5.19. The van der Waals surface area contributed by atoms with Crippen molar-refractivity contribution in [1.82, 2.24) is 10.3 Å². The van der Waals surface area contributed by atoms with Crippen molar-refractivity contribution in [2.24, 2.45) is 0 Å². The molecule has 0 fully saturated rings. The fourth-order valence-electron chi connectivity index (χ4n) is 4.31. The molecule has 1 aromatic carbocycles. The molecule has 2 N–H and O–H groups in total. The lowest BCUT2D eigenvalue weighted by Gasteiger charge is -2.21. The molecule has 0 bridgehead atoms. The van der Waals surface area contributed by atoms with Gasteiger partial charge in [0.2, 0.25) is 0 Å². The molecule has 1 unspecified atom stereocenters. The molecule has 0 amide bonds. The van der Waals surface area contributed by atoms with Crippen molar-refractivity contribution < 1.29 is 9.90 Å². The Balaban J connectivity index is 2.09. The maximum absolute atomic E-state index is 12.2. The average molecular weight is 395 g/mol. The second kappa shape index (κ2) is 7.64. The zero-order valence-corrected chi connectivity index (χ0v) is 17.4. The molecular weight excluding hydrogens is 368 g/mol. The van der Waals surface area contributed by atoms with E-state index in [-0.39, 0.29) is 0 Å². The summed E-state index contributed by atoms with van der Waals surface area (Å²) in [6.45, 7) is 7.91. The molecule has 28 heavy (non-hydrogen) atoms. The molecule has 4 nitrogen and oxygen atoms in total. The van der Waals surface area contributed by atoms with E-state index in [1.54, 1.807) is 11.3 Å². The lowest BCUT2D eigenvalue weighted by Crippen LogP contribution is -2.22. The maximum Gasteiger partial charge on any atom is 0.311 e. The number of aryl methyl sites for hydroxylation is 2. The highest BCUT2D eigenvalue weighted by Gasteiger charge is 2.29. The van der Waals surface area contributed by atoms with Crippen molar-refractivity contribution in [3.8, 4) is 11.1 Å². The number of benzene rings is 1. The fourth-order valence-corrected chi connectivity index (χ4v) is 5.56. The van der Waals surface area contributed by atoms with Gasteiger partial charge in [-0.25, -0.2) is 4.98 Å². The normalized spacial score (nSPS) is 14.8. The number of nitrogens with zero attached hydrogens (tertiary/aromatic N) is 1. The number of rotatable bonds is 5. The van der Waals surface area contributed by atoms with Gasteiger partial charge in [-0.15, -0.1) is 11.3 Å². The number of nitrogens with one attached hydrogen (secondary N) is 1. The highest BCUT2D eigenvalue weighted by Crippen LogP contribution is 2.44. The van der Waals surface area contributed by atoms with Crippen LogP contribution in [0.2, 0.25) is 0 Å². The lowest BCUT2D eigenvalue weighted by molar-refractivity contribution is -0.139. The summed E-state index contributed by atoms with van der Waals surface area (Å²) in [7, 11) is 0. The van der Waals surface area contributed by atoms with E-state index in [4.69, 9.17) is 4.98 Å². The summed E-state index contributed by atoms with van der Waals surface area (Å²) in [5.74, 6) is -1.29. The Morgan fingerprint density at radius 2 is 2.04 bits per heavy atom. The van der Waals surface area contributed by atoms with Gasteiger partial charge in [-0.2, -0.15) is 0 Å². The van der Waals surface area contributed by atoms with Gasteiger partial charge in [-0.05, 0) is 55.5 Å². The molecule has 3 heterocycles. The number of hydrogen-bond donors (Lipinski definition) is 2. The van der Waals surface area contributed by atoms with Crippen LogP contribution in [0.1, 0.15) is 52.9 Å². The van der Waals surface area contributed by atoms with Crippen molar-refractivity contribution in [2.45, 2.75) is 52.5 Å². The van der Waals surface area contributed by atoms with Crippen molar-refractivity contribution in [3.05, 3.63) is 51.5 Å².